The molecule has 0 aliphatic carbocycles. The minimum atomic E-state index is -4.57. The van der Waals surface area contributed by atoms with Crippen LogP contribution < -0.4 is 20.9 Å². The Kier molecular flexibility index (Phi) is 4.62. The van der Waals surface area contributed by atoms with Gasteiger partial charge in [-0.25, -0.2) is 0 Å². The lowest BCUT2D eigenvalue weighted by molar-refractivity contribution is -0.138. The zero-order valence-electron chi connectivity index (χ0n) is 13.5. The van der Waals surface area contributed by atoms with Crippen molar-refractivity contribution in [3.8, 4) is 23.0 Å². The highest BCUT2D eigenvalue weighted by Crippen LogP contribution is 2.40. The summed E-state index contributed by atoms with van der Waals surface area (Å²) in [6, 6.07) is 15.9. The van der Waals surface area contributed by atoms with Crippen LogP contribution in [0.5, 0.6) is 23.0 Å². The Morgan fingerprint density at radius 2 is 1.08 bits per heavy atom. The van der Waals surface area contributed by atoms with Crippen molar-refractivity contribution >= 4 is 11.4 Å². The van der Waals surface area contributed by atoms with Crippen molar-refractivity contribution in [3.63, 3.8) is 0 Å². The quantitative estimate of drug-likeness (QED) is 0.607. The predicted molar refractivity (Wildman–Crippen MR) is 93.3 cm³/mol. The predicted octanol–water partition coefficient (Wildman–Crippen LogP) is 5.45. The van der Waals surface area contributed by atoms with Gasteiger partial charge in [-0.3, -0.25) is 0 Å². The summed E-state index contributed by atoms with van der Waals surface area (Å²) in [4.78, 5) is 0. The fraction of sp³-hybridized carbons (Fsp3) is 0.0526. The van der Waals surface area contributed by atoms with Crippen molar-refractivity contribution in [2.24, 2.45) is 0 Å². The Balaban J connectivity index is 1.93. The Morgan fingerprint density at radius 1 is 0.615 bits per heavy atom. The zero-order chi connectivity index (χ0) is 18.7. The fourth-order valence-electron chi connectivity index (χ4n) is 2.22. The van der Waals surface area contributed by atoms with Gasteiger partial charge in [-0.15, -0.1) is 0 Å². The third-order valence-electron chi connectivity index (χ3n) is 3.48. The van der Waals surface area contributed by atoms with Crippen molar-refractivity contribution in [1.82, 2.24) is 0 Å². The van der Waals surface area contributed by atoms with E-state index in [0.29, 0.717) is 17.1 Å². The van der Waals surface area contributed by atoms with E-state index in [9.17, 15) is 13.2 Å². The van der Waals surface area contributed by atoms with E-state index in [1.165, 1.54) is 36.4 Å². The van der Waals surface area contributed by atoms with E-state index in [1.54, 1.807) is 24.3 Å². The number of nitrogens with two attached hydrogens (primary N) is 2. The van der Waals surface area contributed by atoms with Crippen molar-refractivity contribution in [3.05, 3.63) is 72.3 Å². The highest BCUT2D eigenvalue weighted by atomic mass is 19.4. The van der Waals surface area contributed by atoms with Gasteiger partial charge in [-0.2, -0.15) is 13.2 Å². The molecule has 0 fully saturated rings. The van der Waals surface area contributed by atoms with Gasteiger partial charge in [0.05, 0.1) is 5.56 Å². The minimum absolute atomic E-state index is 0.202. The number of hydrogen-bond donors (Lipinski definition) is 2. The molecular weight excluding hydrogens is 345 g/mol. The lowest BCUT2D eigenvalue weighted by Crippen LogP contribution is -2.07. The van der Waals surface area contributed by atoms with Gasteiger partial charge in [0.15, 0.2) is 0 Å². The Labute approximate surface area is 147 Å². The molecule has 26 heavy (non-hydrogen) atoms. The molecule has 3 aromatic carbocycles. The first-order valence-electron chi connectivity index (χ1n) is 7.59. The second kappa shape index (κ2) is 6.87. The van der Waals surface area contributed by atoms with E-state index in [1.807, 2.05) is 0 Å². The molecule has 0 amide bonds. The highest BCUT2D eigenvalue weighted by Gasteiger charge is 2.34. The molecule has 4 nitrogen and oxygen atoms in total. The molecule has 0 atom stereocenters. The molecule has 0 heterocycles. The number of anilines is 2. The summed E-state index contributed by atoms with van der Waals surface area (Å²) >= 11 is 0. The van der Waals surface area contributed by atoms with E-state index in [0.717, 1.165) is 6.07 Å². The third-order valence-corrected chi connectivity index (χ3v) is 3.48. The summed E-state index contributed by atoms with van der Waals surface area (Å²) in [5.41, 5.74) is 11.3. The number of alkyl halides is 3. The normalized spacial score (nSPS) is 11.2. The summed E-state index contributed by atoms with van der Waals surface area (Å²) in [5, 5.41) is 0. The molecule has 7 heteroatoms. The summed E-state index contributed by atoms with van der Waals surface area (Å²) in [5.74, 6) is 0.509. The summed E-state index contributed by atoms with van der Waals surface area (Å²) in [6.45, 7) is 0. The van der Waals surface area contributed by atoms with Gasteiger partial charge >= 0.3 is 6.18 Å². The molecule has 0 saturated heterocycles. The van der Waals surface area contributed by atoms with Gasteiger partial charge in [-0.05, 0) is 60.7 Å². The van der Waals surface area contributed by atoms with Crippen LogP contribution in [0.15, 0.2) is 66.7 Å². The Bertz CT molecular complexity index is 892. The first-order chi connectivity index (χ1) is 12.3. The smallest absolute Gasteiger partial charge is 0.419 e. The molecular formula is C19H15F3N2O2. The second-order valence-corrected chi connectivity index (χ2v) is 5.50. The fourth-order valence-corrected chi connectivity index (χ4v) is 2.22. The molecule has 0 radical (unpaired) electrons. The van der Waals surface area contributed by atoms with Crippen molar-refractivity contribution in [2.45, 2.75) is 6.18 Å². The van der Waals surface area contributed by atoms with Crippen molar-refractivity contribution in [1.29, 1.82) is 0 Å². The first kappa shape index (κ1) is 17.5. The topological polar surface area (TPSA) is 70.5 Å². The van der Waals surface area contributed by atoms with Crippen LogP contribution in [0.4, 0.5) is 24.5 Å². The van der Waals surface area contributed by atoms with E-state index < -0.39 is 11.7 Å². The van der Waals surface area contributed by atoms with Gasteiger partial charge in [-0.1, -0.05) is 0 Å². The van der Waals surface area contributed by atoms with Crippen LogP contribution in [0, 0.1) is 0 Å². The number of ether oxygens (including phenoxy) is 2. The molecule has 0 saturated carbocycles. The second-order valence-electron chi connectivity index (χ2n) is 5.50. The number of nitrogen functional groups attached to an aromatic ring is 2. The van der Waals surface area contributed by atoms with Crippen molar-refractivity contribution in [2.75, 3.05) is 11.5 Å². The van der Waals surface area contributed by atoms with Crippen LogP contribution in [-0.4, -0.2) is 0 Å². The molecule has 4 N–H and O–H groups in total. The van der Waals surface area contributed by atoms with E-state index >= 15 is 0 Å². The monoisotopic (exact) mass is 360 g/mol. The third kappa shape index (κ3) is 4.18. The summed E-state index contributed by atoms with van der Waals surface area (Å²) in [6.07, 6.45) is -4.57. The Hall–Kier alpha value is -3.35. The molecule has 3 rings (SSSR count). The number of rotatable bonds is 4. The van der Waals surface area contributed by atoms with Gasteiger partial charge in [0, 0.05) is 17.4 Å². The maximum Gasteiger partial charge on any atom is 0.419 e. The largest absolute Gasteiger partial charge is 0.457 e. The standard InChI is InChI=1S/C19H15F3N2O2/c20-19(21,22)17-10-9-16(25-14-5-1-12(23)2-6-14)11-18(17)26-15-7-3-13(24)4-8-15/h1-11H,23-24H2. The number of halogens is 3. The van der Waals surface area contributed by atoms with Crippen LogP contribution >= 0.6 is 0 Å². The van der Waals surface area contributed by atoms with E-state index in [2.05, 4.69) is 0 Å². The number of benzene rings is 3. The molecule has 134 valence electrons. The van der Waals surface area contributed by atoms with Crippen LogP contribution in [0.1, 0.15) is 5.56 Å². The van der Waals surface area contributed by atoms with Crippen LogP contribution in [0.2, 0.25) is 0 Å². The molecule has 3 aromatic rings. The minimum Gasteiger partial charge on any atom is -0.457 e. The van der Waals surface area contributed by atoms with Crippen molar-refractivity contribution < 1.29 is 22.6 Å². The summed E-state index contributed by atoms with van der Waals surface area (Å²) < 4.78 is 50.8. The summed E-state index contributed by atoms with van der Waals surface area (Å²) in [7, 11) is 0. The van der Waals surface area contributed by atoms with Gasteiger partial charge in [0.1, 0.15) is 23.0 Å². The molecule has 0 bridgehead atoms. The molecule has 0 aliphatic rings. The van der Waals surface area contributed by atoms with E-state index in [4.69, 9.17) is 20.9 Å². The Morgan fingerprint density at radius 3 is 1.58 bits per heavy atom. The van der Waals surface area contributed by atoms with Crippen LogP contribution in [0.25, 0.3) is 0 Å². The SMILES string of the molecule is Nc1ccc(Oc2ccc(C(F)(F)F)c(Oc3ccc(N)cc3)c2)cc1. The number of hydrogen-bond acceptors (Lipinski definition) is 4. The molecule has 0 aromatic heterocycles. The maximum atomic E-state index is 13.3. The van der Waals surface area contributed by atoms with E-state index in [-0.39, 0.29) is 17.2 Å². The van der Waals surface area contributed by atoms with Crippen LogP contribution in [-0.2, 0) is 6.18 Å². The molecule has 0 unspecified atom stereocenters. The first-order valence-corrected chi connectivity index (χ1v) is 7.59. The van der Waals surface area contributed by atoms with Gasteiger partial charge < -0.3 is 20.9 Å². The van der Waals surface area contributed by atoms with Gasteiger partial charge in [0.2, 0.25) is 0 Å². The lowest BCUT2D eigenvalue weighted by Gasteiger charge is -2.15. The average molecular weight is 360 g/mol. The average Bonchev–Trinajstić information content (AvgIpc) is 2.58. The van der Waals surface area contributed by atoms with Gasteiger partial charge in [0.25, 0.3) is 0 Å². The highest BCUT2D eigenvalue weighted by molar-refractivity contribution is 5.49. The van der Waals surface area contributed by atoms with Crippen LogP contribution in [0.3, 0.4) is 0 Å². The lowest BCUT2D eigenvalue weighted by atomic mass is 10.2. The molecule has 0 aliphatic heterocycles. The molecule has 0 spiro atoms. The maximum absolute atomic E-state index is 13.3. The zero-order valence-corrected chi connectivity index (χ0v) is 13.5.